The number of nitrogens with two attached hydrogens (primary N) is 1. The smallest absolute Gasteiger partial charge is 0.256 e. The zero-order valence-electron chi connectivity index (χ0n) is 12.4. The molecule has 0 radical (unpaired) electrons. The third-order valence-electron chi connectivity index (χ3n) is 3.40. The second-order valence-corrected chi connectivity index (χ2v) is 5.30. The molecule has 20 heavy (non-hydrogen) atoms. The van der Waals surface area contributed by atoms with Crippen LogP contribution in [0.3, 0.4) is 0 Å². The maximum absolute atomic E-state index is 12.5. The van der Waals surface area contributed by atoms with Crippen LogP contribution >= 0.6 is 0 Å². The van der Waals surface area contributed by atoms with Crippen molar-refractivity contribution in [3.8, 4) is 0 Å². The van der Waals surface area contributed by atoms with E-state index >= 15 is 0 Å². The minimum atomic E-state index is -0.0760. The number of nitrogen functional groups attached to an aromatic ring is 1. The lowest BCUT2D eigenvalue weighted by Crippen LogP contribution is -2.16. The molecule has 0 aliphatic heterocycles. The summed E-state index contributed by atoms with van der Waals surface area (Å²) >= 11 is 0. The fraction of sp³-hybridized carbons (Fsp3) is 0.235. The summed E-state index contributed by atoms with van der Waals surface area (Å²) in [6.07, 6.45) is 0. The molecule has 0 saturated heterocycles. The van der Waals surface area contributed by atoms with Gasteiger partial charge in [0.25, 0.3) is 5.91 Å². The summed E-state index contributed by atoms with van der Waals surface area (Å²) in [5, 5.41) is 2.96. The number of rotatable bonds is 2. The van der Waals surface area contributed by atoms with Crippen molar-refractivity contribution in [2.75, 3.05) is 11.1 Å². The number of carbonyl (C=O) groups excluding carboxylic acids is 1. The summed E-state index contributed by atoms with van der Waals surface area (Å²) in [6.45, 7) is 7.89. The first-order valence-corrected chi connectivity index (χ1v) is 6.64. The van der Waals surface area contributed by atoms with E-state index in [0.717, 1.165) is 27.9 Å². The van der Waals surface area contributed by atoms with Crippen molar-refractivity contribution >= 4 is 17.3 Å². The molecule has 0 heterocycles. The van der Waals surface area contributed by atoms with Gasteiger partial charge >= 0.3 is 0 Å². The lowest BCUT2D eigenvalue weighted by Gasteiger charge is -2.13. The largest absolute Gasteiger partial charge is 0.399 e. The molecule has 0 aliphatic carbocycles. The molecule has 2 aromatic rings. The van der Waals surface area contributed by atoms with E-state index in [0.29, 0.717) is 5.69 Å². The van der Waals surface area contributed by atoms with Crippen LogP contribution in [-0.4, -0.2) is 5.91 Å². The maximum Gasteiger partial charge on any atom is 0.256 e. The number of anilines is 2. The molecule has 3 N–H and O–H groups in total. The Hall–Kier alpha value is -2.29. The van der Waals surface area contributed by atoms with Crippen LogP contribution in [0, 0.1) is 27.7 Å². The Labute approximate surface area is 119 Å². The Morgan fingerprint density at radius 1 is 0.950 bits per heavy atom. The highest BCUT2D eigenvalue weighted by molar-refractivity contribution is 6.06. The third-order valence-corrected chi connectivity index (χ3v) is 3.40. The molecule has 0 unspecified atom stereocenters. The first-order chi connectivity index (χ1) is 9.38. The zero-order valence-corrected chi connectivity index (χ0v) is 12.4. The van der Waals surface area contributed by atoms with E-state index in [-0.39, 0.29) is 5.91 Å². The van der Waals surface area contributed by atoms with Crippen molar-refractivity contribution in [1.29, 1.82) is 0 Å². The summed E-state index contributed by atoms with van der Waals surface area (Å²) < 4.78 is 0. The SMILES string of the molecule is Cc1cc(C)c(C(=O)Nc2ccc(N)cc2C)c(C)c1. The summed E-state index contributed by atoms with van der Waals surface area (Å²) in [5.41, 5.74) is 12.1. The van der Waals surface area contributed by atoms with Gasteiger partial charge in [-0.05, 0) is 62.6 Å². The highest BCUT2D eigenvalue weighted by Gasteiger charge is 2.13. The molecule has 0 bridgehead atoms. The topological polar surface area (TPSA) is 55.1 Å². The van der Waals surface area contributed by atoms with Gasteiger partial charge in [0.2, 0.25) is 0 Å². The molecule has 3 heteroatoms. The lowest BCUT2D eigenvalue weighted by atomic mass is 9.99. The molecule has 0 aliphatic rings. The lowest BCUT2D eigenvalue weighted by molar-refractivity contribution is 0.102. The Balaban J connectivity index is 2.33. The molecule has 0 saturated carbocycles. The van der Waals surface area contributed by atoms with Gasteiger partial charge in [-0.25, -0.2) is 0 Å². The Morgan fingerprint density at radius 3 is 2.10 bits per heavy atom. The first kappa shape index (κ1) is 14.1. The number of carbonyl (C=O) groups is 1. The standard InChI is InChI=1S/C17H20N2O/c1-10-7-12(3)16(13(4)8-10)17(20)19-15-6-5-14(18)9-11(15)2/h5-9H,18H2,1-4H3,(H,19,20). The average molecular weight is 268 g/mol. The molecule has 0 spiro atoms. The first-order valence-electron chi connectivity index (χ1n) is 6.64. The Kier molecular flexibility index (Phi) is 3.79. The van der Waals surface area contributed by atoms with Gasteiger partial charge in [-0.15, -0.1) is 0 Å². The fourth-order valence-electron chi connectivity index (χ4n) is 2.55. The van der Waals surface area contributed by atoms with E-state index < -0.39 is 0 Å². The quantitative estimate of drug-likeness (QED) is 0.815. The number of amides is 1. The van der Waals surface area contributed by atoms with Crippen molar-refractivity contribution in [1.82, 2.24) is 0 Å². The maximum atomic E-state index is 12.5. The summed E-state index contributed by atoms with van der Waals surface area (Å²) in [6, 6.07) is 9.53. The van der Waals surface area contributed by atoms with Crippen molar-refractivity contribution in [3.05, 3.63) is 58.1 Å². The minimum Gasteiger partial charge on any atom is -0.399 e. The normalized spacial score (nSPS) is 10.4. The van der Waals surface area contributed by atoms with Crippen LogP contribution in [0.15, 0.2) is 30.3 Å². The molecule has 0 atom stereocenters. The summed E-state index contributed by atoms with van der Waals surface area (Å²) in [4.78, 5) is 12.5. The van der Waals surface area contributed by atoms with E-state index in [9.17, 15) is 4.79 Å². The van der Waals surface area contributed by atoms with E-state index in [4.69, 9.17) is 5.73 Å². The van der Waals surface area contributed by atoms with Gasteiger partial charge in [0.05, 0.1) is 0 Å². The molecule has 1 amide bonds. The van der Waals surface area contributed by atoms with Crippen molar-refractivity contribution in [2.45, 2.75) is 27.7 Å². The molecule has 2 rings (SSSR count). The van der Waals surface area contributed by atoms with Crippen LogP contribution in [0.1, 0.15) is 32.6 Å². The molecular weight excluding hydrogens is 248 g/mol. The third kappa shape index (κ3) is 2.82. The number of aryl methyl sites for hydroxylation is 4. The van der Waals surface area contributed by atoms with Gasteiger partial charge < -0.3 is 11.1 Å². The van der Waals surface area contributed by atoms with Crippen molar-refractivity contribution in [2.24, 2.45) is 0 Å². The van der Waals surface area contributed by atoms with Crippen LogP contribution in [0.4, 0.5) is 11.4 Å². The van der Waals surface area contributed by atoms with E-state index in [1.54, 1.807) is 6.07 Å². The second kappa shape index (κ2) is 5.37. The highest BCUT2D eigenvalue weighted by Crippen LogP contribution is 2.21. The van der Waals surface area contributed by atoms with E-state index in [1.807, 2.05) is 52.0 Å². The van der Waals surface area contributed by atoms with Crippen molar-refractivity contribution < 1.29 is 4.79 Å². The number of hydrogen-bond acceptors (Lipinski definition) is 2. The Morgan fingerprint density at radius 2 is 1.55 bits per heavy atom. The van der Waals surface area contributed by atoms with Crippen LogP contribution in [0.25, 0.3) is 0 Å². The van der Waals surface area contributed by atoms with Crippen molar-refractivity contribution in [3.63, 3.8) is 0 Å². The van der Waals surface area contributed by atoms with Crippen LogP contribution in [0.2, 0.25) is 0 Å². The van der Waals surface area contributed by atoms with Gasteiger partial charge in [-0.1, -0.05) is 17.7 Å². The Bertz CT molecular complexity index is 652. The van der Waals surface area contributed by atoms with Crippen LogP contribution < -0.4 is 11.1 Å². The highest BCUT2D eigenvalue weighted by atomic mass is 16.1. The molecule has 3 nitrogen and oxygen atoms in total. The molecule has 104 valence electrons. The predicted molar refractivity (Wildman–Crippen MR) is 84.2 cm³/mol. The van der Waals surface area contributed by atoms with Gasteiger partial charge in [0, 0.05) is 16.9 Å². The predicted octanol–water partition coefficient (Wildman–Crippen LogP) is 3.75. The van der Waals surface area contributed by atoms with Gasteiger partial charge in [0.15, 0.2) is 0 Å². The molecule has 0 aromatic heterocycles. The molecule has 0 fully saturated rings. The van der Waals surface area contributed by atoms with E-state index in [2.05, 4.69) is 5.32 Å². The second-order valence-electron chi connectivity index (χ2n) is 5.30. The van der Waals surface area contributed by atoms with Gasteiger partial charge in [0.1, 0.15) is 0 Å². The molecule has 2 aromatic carbocycles. The zero-order chi connectivity index (χ0) is 14.9. The summed E-state index contributed by atoms with van der Waals surface area (Å²) in [7, 11) is 0. The van der Waals surface area contributed by atoms with Gasteiger partial charge in [-0.3, -0.25) is 4.79 Å². The minimum absolute atomic E-state index is 0.0760. The number of hydrogen-bond donors (Lipinski definition) is 2. The fourth-order valence-corrected chi connectivity index (χ4v) is 2.55. The van der Waals surface area contributed by atoms with Crippen LogP contribution in [0.5, 0.6) is 0 Å². The molecular formula is C17H20N2O. The average Bonchev–Trinajstić information content (AvgIpc) is 2.31. The van der Waals surface area contributed by atoms with Gasteiger partial charge in [-0.2, -0.15) is 0 Å². The number of benzene rings is 2. The monoisotopic (exact) mass is 268 g/mol. The van der Waals surface area contributed by atoms with E-state index in [1.165, 1.54) is 5.56 Å². The number of nitrogens with one attached hydrogen (secondary N) is 1. The van der Waals surface area contributed by atoms with Crippen LogP contribution in [-0.2, 0) is 0 Å². The summed E-state index contributed by atoms with van der Waals surface area (Å²) in [5.74, 6) is -0.0760.